The van der Waals surface area contributed by atoms with Crippen LogP contribution in [0.25, 0.3) is 0 Å². The Hall–Kier alpha value is -0.820. The van der Waals surface area contributed by atoms with Gasteiger partial charge < -0.3 is 5.32 Å². The first-order valence-corrected chi connectivity index (χ1v) is 7.09. The molecule has 0 aliphatic heterocycles. The van der Waals surface area contributed by atoms with E-state index in [0.29, 0.717) is 6.04 Å². The van der Waals surface area contributed by atoms with Crippen LogP contribution in [0.5, 0.6) is 0 Å². The molecule has 2 rings (SSSR count). The summed E-state index contributed by atoms with van der Waals surface area (Å²) in [6.45, 7) is 5.81. The zero-order chi connectivity index (χ0) is 12.1. The lowest BCUT2D eigenvalue weighted by molar-refractivity contribution is 0.399. The van der Waals surface area contributed by atoms with E-state index in [1.165, 1.54) is 38.6 Å². The molecule has 1 aliphatic rings. The topological polar surface area (TPSA) is 12.0 Å². The molecule has 0 bridgehead atoms. The van der Waals surface area contributed by atoms with Gasteiger partial charge in [-0.15, -0.1) is 0 Å². The summed E-state index contributed by atoms with van der Waals surface area (Å²) in [5.41, 5.74) is 3.12. The van der Waals surface area contributed by atoms with Gasteiger partial charge in [-0.1, -0.05) is 44.5 Å². The molecular formula is C16H25N. The molecule has 17 heavy (non-hydrogen) atoms. The van der Waals surface area contributed by atoms with E-state index in [9.17, 15) is 0 Å². The molecule has 1 heteroatoms. The van der Waals surface area contributed by atoms with Gasteiger partial charge in [-0.2, -0.15) is 0 Å². The Morgan fingerprint density at radius 1 is 1.29 bits per heavy atom. The maximum absolute atomic E-state index is 3.75. The Morgan fingerprint density at radius 3 is 2.82 bits per heavy atom. The minimum absolute atomic E-state index is 0.698. The van der Waals surface area contributed by atoms with Crippen molar-refractivity contribution in [3.05, 3.63) is 35.4 Å². The molecule has 0 radical (unpaired) electrons. The normalized spacial score (nSPS) is 20.9. The van der Waals surface area contributed by atoms with E-state index in [4.69, 9.17) is 0 Å². The van der Waals surface area contributed by atoms with Gasteiger partial charge in [-0.05, 0) is 49.3 Å². The summed E-state index contributed by atoms with van der Waals surface area (Å²) in [4.78, 5) is 0. The lowest BCUT2D eigenvalue weighted by Gasteiger charge is -2.26. The van der Waals surface area contributed by atoms with E-state index in [1.807, 2.05) is 0 Å². The average Bonchev–Trinajstić information content (AvgIpc) is 2.36. The summed E-state index contributed by atoms with van der Waals surface area (Å²) in [5.74, 6) is 0.817. The van der Waals surface area contributed by atoms with Crippen LogP contribution in [0.3, 0.4) is 0 Å². The molecule has 1 aliphatic carbocycles. The summed E-state index contributed by atoms with van der Waals surface area (Å²) in [7, 11) is 0. The van der Waals surface area contributed by atoms with E-state index in [2.05, 4.69) is 43.4 Å². The fourth-order valence-corrected chi connectivity index (χ4v) is 2.83. The number of rotatable bonds is 5. The third-order valence-corrected chi connectivity index (χ3v) is 3.88. The smallest absolute Gasteiger partial charge is 0.0111 e. The predicted octanol–water partition coefficient (Wildman–Crippen LogP) is 3.57. The molecule has 1 nitrogen and oxygen atoms in total. The Bertz CT molecular complexity index is 345. The maximum Gasteiger partial charge on any atom is 0.0111 e. The minimum atomic E-state index is 0.698. The number of benzene rings is 1. The van der Waals surface area contributed by atoms with Gasteiger partial charge in [0.05, 0.1) is 0 Å². The van der Waals surface area contributed by atoms with Gasteiger partial charge in [-0.25, -0.2) is 0 Å². The number of fused-ring (bicyclic) bond motifs is 1. The van der Waals surface area contributed by atoms with Crippen LogP contribution in [0.15, 0.2) is 24.3 Å². The first-order chi connectivity index (χ1) is 8.29. The third kappa shape index (κ3) is 3.57. The van der Waals surface area contributed by atoms with Gasteiger partial charge in [0, 0.05) is 6.04 Å². The van der Waals surface area contributed by atoms with Gasteiger partial charge in [-0.3, -0.25) is 0 Å². The van der Waals surface area contributed by atoms with Crippen LogP contribution in [-0.2, 0) is 12.8 Å². The quantitative estimate of drug-likeness (QED) is 0.817. The second kappa shape index (κ2) is 6.20. The fraction of sp³-hybridized carbons (Fsp3) is 0.625. The van der Waals surface area contributed by atoms with E-state index < -0.39 is 0 Å². The highest BCUT2D eigenvalue weighted by Crippen LogP contribution is 2.21. The molecule has 0 aromatic heterocycles. The number of nitrogens with one attached hydrogen (secondary N) is 1. The summed E-state index contributed by atoms with van der Waals surface area (Å²) >= 11 is 0. The van der Waals surface area contributed by atoms with Crippen molar-refractivity contribution in [2.45, 2.75) is 52.0 Å². The van der Waals surface area contributed by atoms with Crippen molar-refractivity contribution in [2.24, 2.45) is 5.92 Å². The number of hydrogen-bond acceptors (Lipinski definition) is 1. The van der Waals surface area contributed by atoms with Crippen molar-refractivity contribution in [1.29, 1.82) is 0 Å². The first kappa shape index (κ1) is 12.6. The zero-order valence-electron chi connectivity index (χ0n) is 11.2. The molecule has 1 aromatic rings. The Kier molecular flexibility index (Phi) is 4.61. The molecule has 0 amide bonds. The molecule has 0 spiro atoms. The van der Waals surface area contributed by atoms with Crippen LogP contribution >= 0.6 is 0 Å². The Balaban J connectivity index is 1.82. The Labute approximate surface area is 106 Å². The van der Waals surface area contributed by atoms with Crippen molar-refractivity contribution >= 4 is 0 Å². The highest BCUT2D eigenvalue weighted by Gasteiger charge is 2.17. The molecule has 0 fully saturated rings. The molecule has 2 atom stereocenters. The van der Waals surface area contributed by atoms with Crippen molar-refractivity contribution in [3.8, 4) is 0 Å². The lowest BCUT2D eigenvalue weighted by Crippen LogP contribution is -2.37. The van der Waals surface area contributed by atoms with E-state index in [1.54, 1.807) is 11.1 Å². The lowest BCUT2D eigenvalue weighted by atomic mass is 9.88. The van der Waals surface area contributed by atoms with Crippen LogP contribution in [0.4, 0.5) is 0 Å². The number of hydrogen-bond donors (Lipinski definition) is 1. The van der Waals surface area contributed by atoms with Crippen molar-refractivity contribution in [2.75, 3.05) is 6.54 Å². The second-order valence-electron chi connectivity index (χ2n) is 5.51. The van der Waals surface area contributed by atoms with Crippen molar-refractivity contribution in [1.82, 2.24) is 5.32 Å². The van der Waals surface area contributed by atoms with Gasteiger partial charge >= 0.3 is 0 Å². The van der Waals surface area contributed by atoms with Crippen molar-refractivity contribution in [3.63, 3.8) is 0 Å². The van der Waals surface area contributed by atoms with Crippen LogP contribution in [0.1, 0.15) is 44.2 Å². The van der Waals surface area contributed by atoms with Crippen LogP contribution in [-0.4, -0.2) is 12.6 Å². The molecule has 0 saturated carbocycles. The van der Waals surface area contributed by atoms with Crippen LogP contribution in [0, 0.1) is 5.92 Å². The molecule has 1 aromatic carbocycles. The van der Waals surface area contributed by atoms with E-state index >= 15 is 0 Å². The summed E-state index contributed by atoms with van der Waals surface area (Å²) in [6.07, 6.45) is 6.41. The minimum Gasteiger partial charge on any atom is -0.313 e. The molecule has 2 unspecified atom stereocenters. The summed E-state index contributed by atoms with van der Waals surface area (Å²) in [5, 5.41) is 3.75. The molecule has 0 saturated heterocycles. The highest BCUT2D eigenvalue weighted by atomic mass is 14.9. The first-order valence-electron chi connectivity index (χ1n) is 7.09. The molecule has 1 N–H and O–H groups in total. The van der Waals surface area contributed by atoms with Crippen LogP contribution in [0.2, 0.25) is 0 Å². The Morgan fingerprint density at radius 2 is 2.06 bits per heavy atom. The van der Waals surface area contributed by atoms with Crippen LogP contribution < -0.4 is 5.32 Å². The largest absolute Gasteiger partial charge is 0.313 e. The van der Waals surface area contributed by atoms with Gasteiger partial charge in [0.25, 0.3) is 0 Å². The zero-order valence-corrected chi connectivity index (χ0v) is 11.2. The fourth-order valence-electron chi connectivity index (χ4n) is 2.83. The average molecular weight is 231 g/mol. The van der Waals surface area contributed by atoms with Gasteiger partial charge in [0.15, 0.2) is 0 Å². The SMILES string of the molecule is CCCC(C)CNC1CCc2ccccc2C1. The number of aryl methyl sites for hydroxylation is 1. The van der Waals surface area contributed by atoms with E-state index in [0.717, 1.165) is 5.92 Å². The predicted molar refractivity (Wildman–Crippen MR) is 74.3 cm³/mol. The maximum atomic E-state index is 3.75. The third-order valence-electron chi connectivity index (χ3n) is 3.88. The monoisotopic (exact) mass is 231 g/mol. The molecule has 94 valence electrons. The molecule has 0 heterocycles. The van der Waals surface area contributed by atoms with Crippen molar-refractivity contribution < 1.29 is 0 Å². The standard InChI is InChI=1S/C16H25N/c1-3-6-13(2)12-17-16-10-9-14-7-4-5-8-15(14)11-16/h4-5,7-8,13,16-17H,3,6,9-12H2,1-2H3. The van der Waals surface area contributed by atoms with E-state index in [-0.39, 0.29) is 0 Å². The van der Waals surface area contributed by atoms with Gasteiger partial charge in [0.1, 0.15) is 0 Å². The van der Waals surface area contributed by atoms with Gasteiger partial charge in [0.2, 0.25) is 0 Å². The second-order valence-corrected chi connectivity index (χ2v) is 5.51. The highest BCUT2D eigenvalue weighted by molar-refractivity contribution is 5.30. The summed E-state index contributed by atoms with van der Waals surface area (Å²) < 4.78 is 0. The molecular weight excluding hydrogens is 206 g/mol. The summed E-state index contributed by atoms with van der Waals surface area (Å²) in [6, 6.07) is 9.60.